The molecule has 0 fully saturated rings. The van der Waals surface area contributed by atoms with Crippen molar-refractivity contribution in [3.05, 3.63) is 70.1 Å². The monoisotopic (exact) mass is 701 g/mol. The molecule has 3 rings (SSSR count). The second kappa shape index (κ2) is 24.8. The maximum atomic E-state index is 12.5. The summed E-state index contributed by atoms with van der Waals surface area (Å²) in [7, 11) is 0. The molecule has 0 spiro atoms. The van der Waals surface area contributed by atoms with Gasteiger partial charge in [0.05, 0.1) is 79.3 Å². The third kappa shape index (κ3) is 15.5. The van der Waals surface area contributed by atoms with E-state index in [2.05, 4.69) is 20.7 Å². The minimum Gasteiger partial charge on any atom is -0.480 e. The van der Waals surface area contributed by atoms with Gasteiger partial charge in [0.1, 0.15) is 12.6 Å². The summed E-state index contributed by atoms with van der Waals surface area (Å²) in [5, 5.41) is 18.0. The van der Waals surface area contributed by atoms with E-state index in [1.807, 2.05) is 48.5 Å². The molecule has 1 aliphatic carbocycles. The number of ether oxygens (including phenoxy) is 7. The number of carbonyl (C=O) groups excluding carboxylic acids is 2. The summed E-state index contributed by atoms with van der Waals surface area (Å²) in [5.41, 5.74) is 12.4. The van der Waals surface area contributed by atoms with Crippen molar-refractivity contribution < 1.29 is 52.6 Å². The van der Waals surface area contributed by atoms with E-state index in [-0.39, 0.29) is 44.4 Å². The van der Waals surface area contributed by atoms with Crippen LogP contribution in [-0.4, -0.2) is 128 Å². The van der Waals surface area contributed by atoms with Crippen LogP contribution in [0.15, 0.2) is 53.6 Å². The normalized spacial score (nSPS) is 12.4. The van der Waals surface area contributed by atoms with Crippen LogP contribution in [0.5, 0.6) is 0 Å². The molecular weight excluding hydrogens is 654 g/mol. The summed E-state index contributed by atoms with van der Waals surface area (Å²) in [6, 6.07) is 14.6. The number of carboxylic acid groups (broad SMARTS) is 1. The molecule has 50 heavy (non-hydrogen) atoms. The van der Waals surface area contributed by atoms with Gasteiger partial charge in [0, 0.05) is 30.3 Å². The predicted octanol–water partition coefficient (Wildman–Crippen LogP) is 3.28. The molecule has 0 unspecified atom stereocenters. The molecule has 0 radical (unpaired) electrons. The number of aliphatic carboxylic acids is 1. The van der Waals surface area contributed by atoms with Crippen molar-refractivity contribution >= 4 is 18.0 Å². The third-order valence-electron chi connectivity index (χ3n) is 7.42. The van der Waals surface area contributed by atoms with Crippen molar-refractivity contribution in [2.75, 3.05) is 99.0 Å². The van der Waals surface area contributed by atoms with Gasteiger partial charge in [-0.3, -0.25) is 4.79 Å². The van der Waals surface area contributed by atoms with Gasteiger partial charge in [0.15, 0.2) is 0 Å². The van der Waals surface area contributed by atoms with Crippen LogP contribution in [0.3, 0.4) is 0 Å². The van der Waals surface area contributed by atoms with Crippen LogP contribution in [-0.2, 0) is 42.7 Å². The molecule has 3 N–H and O–H groups in total. The second-order valence-corrected chi connectivity index (χ2v) is 10.9. The zero-order chi connectivity index (χ0) is 35.7. The van der Waals surface area contributed by atoms with E-state index in [0.717, 1.165) is 22.3 Å². The highest BCUT2D eigenvalue weighted by molar-refractivity contribution is 5.82. The van der Waals surface area contributed by atoms with E-state index in [0.29, 0.717) is 79.2 Å². The van der Waals surface area contributed by atoms with Crippen molar-refractivity contribution in [1.29, 1.82) is 0 Å². The average Bonchev–Trinajstić information content (AvgIpc) is 3.44. The number of carboxylic acids is 1. The maximum absolute atomic E-state index is 12.5. The van der Waals surface area contributed by atoms with Crippen LogP contribution in [0.2, 0.25) is 0 Å². The molecular formula is C34H47N5O11. The molecule has 16 nitrogen and oxygen atoms in total. The van der Waals surface area contributed by atoms with E-state index in [1.165, 1.54) is 0 Å². The van der Waals surface area contributed by atoms with Crippen LogP contribution in [0, 0.1) is 0 Å². The lowest BCUT2D eigenvalue weighted by atomic mass is 9.98. The Bertz CT molecular complexity index is 1310. The average molecular weight is 702 g/mol. The summed E-state index contributed by atoms with van der Waals surface area (Å²) in [4.78, 5) is 39.1. The van der Waals surface area contributed by atoms with Crippen molar-refractivity contribution in [2.24, 2.45) is 5.11 Å². The van der Waals surface area contributed by atoms with Gasteiger partial charge in [-0.2, -0.15) is 0 Å². The lowest BCUT2D eigenvalue weighted by molar-refractivity contribution is -0.139. The number of rotatable bonds is 28. The highest BCUT2D eigenvalue weighted by atomic mass is 16.6. The summed E-state index contributed by atoms with van der Waals surface area (Å²) in [5.74, 6) is -1.76. The molecule has 2 aromatic carbocycles. The quantitative estimate of drug-likeness (QED) is 0.0507. The highest BCUT2D eigenvalue weighted by Crippen LogP contribution is 2.44. The Labute approximate surface area is 291 Å². The Hall–Kier alpha value is -4.28. The summed E-state index contributed by atoms with van der Waals surface area (Å²) < 4.78 is 37.7. The Kier molecular flexibility index (Phi) is 19.9. The zero-order valence-corrected chi connectivity index (χ0v) is 28.2. The van der Waals surface area contributed by atoms with Gasteiger partial charge in [-0.25, -0.2) is 9.59 Å². The molecule has 0 aliphatic heterocycles. The van der Waals surface area contributed by atoms with Crippen molar-refractivity contribution in [2.45, 2.75) is 24.8 Å². The molecule has 16 heteroatoms. The van der Waals surface area contributed by atoms with Gasteiger partial charge in [-0.05, 0) is 34.2 Å². The van der Waals surface area contributed by atoms with Crippen LogP contribution in [0.4, 0.5) is 4.79 Å². The Balaban J connectivity index is 1.12. The van der Waals surface area contributed by atoms with Crippen molar-refractivity contribution in [1.82, 2.24) is 10.6 Å². The Morgan fingerprint density at radius 1 is 0.740 bits per heavy atom. The molecule has 1 aliphatic rings. The van der Waals surface area contributed by atoms with E-state index < -0.39 is 18.1 Å². The van der Waals surface area contributed by atoms with Crippen LogP contribution >= 0.6 is 0 Å². The minimum atomic E-state index is -1.28. The van der Waals surface area contributed by atoms with Crippen LogP contribution in [0.1, 0.15) is 29.9 Å². The lowest BCUT2D eigenvalue weighted by Crippen LogP contribution is -2.42. The van der Waals surface area contributed by atoms with Crippen molar-refractivity contribution in [3.63, 3.8) is 0 Å². The molecule has 274 valence electrons. The van der Waals surface area contributed by atoms with Gasteiger partial charge < -0.3 is 48.9 Å². The van der Waals surface area contributed by atoms with Gasteiger partial charge in [-0.1, -0.05) is 53.6 Å². The van der Waals surface area contributed by atoms with Gasteiger partial charge in [0.2, 0.25) is 5.91 Å². The number of hydrogen-bond acceptors (Lipinski definition) is 11. The smallest absolute Gasteiger partial charge is 0.407 e. The third-order valence-corrected chi connectivity index (χ3v) is 7.42. The first kappa shape index (κ1) is 40.2. The van der Waals surface area contributed by atoms with E-state index in [4.69, 9.17) is 38.7 Å². The first-order valence-electron chi connectivity index (χ1n) is 16.6. The SMILES string of the molecule is [N-]=[N+]=NCCOCCOCCOCCOCCOCCOCCNC(=O)CC[C@H](NC(=O)OCC1c2ccccc2-c2ccccc21)C(=O)O. The first-order valence-corrected chi connectivity index (χ1v) is 16.6. The van der Waals surface area contributed by atoms with Gasteiger partial charge in [0.25, 0.3) is 0 Å². The fourth-order valence-corrected chi connectivity index (χ4v) is 5.02. The molecule has 0 bridgehead atoms. The number of amides is 2. The number of carbonyl (C=O) groups is 3. The lowest BCUT2D eigenvalue weighted by Gasteiger charge is -2.17. The minimum absolute atomic E-state index is 0.0565. The molecule has 0 heterocycles. The van der Waals surface area contributed by atoms with Crippen molar-refractivity contribution in [3.8, 4) is 11.1 Å². The topological polar surface area (TPSA) is 209 Å². The number of nitrogens with zero attached hydrogens (tertiary/aromatic N) is 3. The van der Waals surface area contributed by atoms with E-state index in [9.17, 15) is 19.5 Å². The first-order chi connectivity index (χ1) is 24.5. The fourth-order valence-electron chi connectivity index (χ4n) is 5.02. The molecule has 1 atom stereocenters. The van der Waals surface area contributed by atoms with E-state index >= 15 is 0 Å². The number of alkyl carbamates (subject to hydrolysis) is 1. The highest BCUT2D eigenvalue weighted by Gasteiger charge is 2.30. The van der Waals surface area contributed by atoms with E-state index in [1.54, 1.807) is 0 Å². The summed E-state index contributed by atoms with van der Waals surface area (Å²) >= 11 is 0. The Morgan fingerprint density at radius 2 is 1.22 bits per heavy atom. The Morgan fingerprint density at radius 3 is 1.72 bits per heavy atom. The number of benzene rings is 2. The number of nitrogens with one attached hydrogen (secondary N) is 2. The van der Waals surface area contributed by atoms with Crippen LogP contribution in [0.25, 0.3) is 21.6 Å². The second-order valence-electron chi connectivity index (χ2n) is 10.9. The maximum Gasteiger partial charge on any atom is 0.407 e. The zero-order valence-electron chi connectivity index (χ0n) is 28.2. The van der Waals surface area contributed by atoms with Gasteiger partial charge in [-0.15, -0.1) is 0 Å². The molecule has 2 amide bonds. The number of fused-ring (bicyclic) bond motifs is 3. The number of azide groups is 1. The predicted molar refractivity (Wildman–Crippen MR) is 181 cm³/mol. The standard InChI is InChI=1S/C34H47N5O11/c35-39-37-12-14-45-16-18-47-20-22-49-24-23-48-21-19-46-17-15-44-13-11-36-32(40)10-9-31(33(41)42)38-34(43)50-25-30-28-7-3-1-5-26(28)27-6-2-4-8-29(27)30/h1-8,30-31H,9-25H2,(H,36,40)(H,38,43)(H,41,42)/t31-/m0/s1. The molecule has 0 saturated carbocycles. The molecule has 0 saturated heterocycles. The molecule has 2 aromatic rings. The van der Waals surface area contributed by atoms with Gasteiger partial charge >= 0.3 is 12.1 Å². The van der Waals surface area contributed by atoms with Crippen LogP contribution < -0.4 is 10.6 Å². The molecule has 0 aromatic heterocycles. The largest absolute Gasteiger partial charge is 0.480 e. The number of hydrogen-bond donors (Lipinski definition) is 3. The summed E-state index contributed by atoms with van der Waals surface area (Å²) in [6.45, 7) is 5.38. The fraction of sp³-hybridized carbons (Fsp3) is 0.559. The summed E-state index contributed by atoms with van der Waals surface area (Å²) in [6.07, 6.45) is -1.05.